The zero-order valence-electron chi connectivity index (χ0n) is 16.9. The maximum Gasteiger partial charge on any atom is 0.262 e. The number of amides is 2. The summed E-state index contributed by atoms with van der Waals surface area (Å²) >= 11 is 0. The lowest BCUT2D eigenvalue weighted by Gasteiger charge is -2.32. The molecule has 2 N–H and O–H groups in total. The van der Waals surface area contributed by atoms with Crippen LogP contribution >= 0.6 is 0 Å². The Balaban J connectivity index is 1.67. The number of carbonyl (C=O) groups is 2. The summed E-state index contributed by atoms with van der Waals surface area (Å²) in [5, 5.41) is 2.87. The molecule has 0 unspecified atom stereocenters. The number of rotatable bonds is 6. The molecule has 8 nitrogen and oxygen atoms in total. The number of carbonyl (C=O) groups excluding carboxylic acids is 2. The predicted molar refractivity (Wildman–Crippen MR) is 113 cm³/mol. The van der Waals surface area contributed by atoms with E-state index in [1.54, 1.807) is 29.2 Å². The Morgan fingerprint density at radius 1 is 1.03 bits per heavy atom. The van der Waals surface area contributed by atoms with Gasteiger partial charge in [0.05, 0.1) is 17.7 Å². The minimum absolute atomic E-state index is 0.0503. The minimum Gasteiger partial charge on any atom is -0.495 e. The zero-order chi connectivity index (χ0) is 21.7. The van der Waals surface area contributed by atoms with Crippen LogP contribution in [0.25, 0.3) is 0 Å². The largest absolute Gasteiger partial charge is 0.495 e. The molecule has 1 aliphatic heterocycles. The smallest absolute Gasteiger partial charge is 0.262 e. The molecule has 2 aromatic rings. The van der Waals surface area contributed by atoms with Crippen LogP contribution in [0.3, 0.4) is 0 Å². The number of hydrogen-bond acceptors (Lipinski definition) is 5. The molecule has 1 saturated heterocycles. The number of methoxy groups -OCH3 is 1. The van der Waals surface area contributed by atoms with E-state index >= 15 is 0 Å². The first kappa shape index (κ1) is 21.6. The van der Waals surface area contributed by atoms with E-state index in [1.807, 2.05) is 0 Å². The Bertz CT molecular complexity index is 1010. The molecule has 160 valence electrons. The number of anilines is 1. The highest BCUT2D eigenvalue weighted by Crippen LogP contribution is 2.26. The molecular weight excluding hydrogens is 406 g/mol. The highest BCUT2D eigenvalue weighted by atomic mass is 32.2. The quantitative estimate of drug-likeness (QED) is 0.730. The van der Waals surface area contributed by atoms with E-state index in [2.05, 4.69) is 10.0 Å². The van der Waals surface area contributed by atoms with Crippen LogP contribution in [0.15, 0.2) is 53.4 Å². The van der Waals surface area contributed by atoms with Crippen molar-refractivity contribution in [2.24, 2.45) is 0 Å². The van der Waals surface area contributed by atoms with Crippen molar-refractivity contribution in [3.05, 3.63) is 54.1 Å². The van der Waals surface area contributed by atoms with Gasteiger partial charge in [0, 0.05) is 31.6 Å². The maximum atomic E-state index is 12.7. The van der Waals surface area contributed by atoms with Crippen molar-refractivity contribution in [1.29, 1.82) is 0 Å². The number of ether oxygens (including phenoxy) is 1. The van der Waals surface area contributed by atoms with Gasteiger partial charge in [-0.1, -0.05) is 12.1 Å². The molecule has 0 aromatic heterocycles. The van der Waals surface area contributed by atoms with Gasteiger partial charge >= 0.3 is 0 Å². The number of likely N-dealkylation sites (tertiary alicyclic amines) is 1. The van der Waals surface area contributed by atoms with Gasteiger partial charge in [0.1, 0.15) is 5.75 Å². The lowest BCUT2D eigenvalue weighted by atomic mass is 10.0. The molecule has 1 fully saturated rings. The first-order valence-corrected chi connectivity index (χ1v) is 11.1. The number of piperidine rings is 1. The summed E-state index contributed by atoms with van der Waals surface area (Å²) in [6.45, 7) is 2.56. The number of hydrogen-bond donors (Lipinski definition) is 2. The standard InChI is InChI=1S/C21H25N3O5S/c1-15(25)22-17-11-13-24(14-12-17)21(26)16-7-9-18(10-8-16)30(27,28)23-19-5-3-4-6-20(19)29-2/h3-10,17,23H,11-14H2,1-2H3,(H,22,25). The monoisotopic (exact) mass is 431 g/mol. The average molecular weight is 432 g/mol. The second-order valence-corrected chi connectivity index (χ2v) is 8.78. The molecule has 1 aliphatic rings. The molecule has 2 aromatic carbocycles. The number of sulfonamides is 1. The van der Waals surface area contributed by atoms with Gasteiger partial charge in [0.25, 0.3) is 15.9 Å². The fourth-order valence-electron chi connectivity index (χ4n) is 3.41. The van der Waals surface area contributed by atoms with E-state index in [4.69, 9.17) is 4.74 Å². The normalized spacial score (nSPS) is 14.8. The van der Waals surface area contributed by atoms with Gasteiger partial charge in [0.15, 0.2) is 0 Å². The summed E-state index contributed by atoms with van der Waals surface area (Å²) in [4.78, 5) is 25.6. The van der Waals surface area contributed by atoms with Crippen LogP contribution in [-0.2, 0) is 14.8 Å². The molecule has 0 bridgehead atoms. The van der Waals surface area contributed by atoms with E-state index in [1.165, 1.54) is 38.3 Å². The number of benzene rings is 2. The van der Waals surface area contributed by atoms with Crippen LogP contribution in [-0.4, -0.2) is 51.4 Å². The summed E-state index contributed by atoms with van der Waals surface area (Å²) in [5.41, 5.74) is 0.756. The molecule has 2 amide bonds. The summed E-state index contributed by atoms with van der Waals surface area (Å²) in [6, 6.07) is 12.7. The van der Waals surface area contributed by atoms with Crippen LogP contribution in [0.5, 0.6) is 5.75 Å². The van der Waals surface area contributed by atoms with Crippen molar-refractivity contribution in [1.82, 2.24) is 10.2 Å². The van der Waals surface area contributed by atoms with Crippen LogP contribution in [0, 0.1) is 0 Å². The fraction of sp³-hybridized carbons (Fsp3) is 0.333. The van der Waals surface area contributed by atoms with E-state index < -0.39 is 10.0 Å². The summed E-state index contributed by atoms with van der Waals surface area (Å²) in [6.07, 6.45) is 1.39. The third kappa shape index (κ3) is 5.10. The van der Waals surface area contributed by atoms with Gasteiger partial charge < -0.3 is 15.0 Å². The molecule has 1 heterocycles. The molecule has 0 radical (unpaired) electrons. The second kappa shape index (κ2) is 9.17. The number of para-hydroxylation sites is 2. The first-order valence-electron chi connectivity index (χ1n) is 9.62. The molecular formula is C21H25N3O5S. The van der Waals surface area contributed by atoms with Crippen LogP contribution in [0.4, 0.5) is 5.69 Å². The maximum absolute atomic E-state index is 12.7. The molecule has 30 heavy (non-hydrogen) atoms. The Kier molecular flexibility index (Phi) is 6.61. The van der Waals surface area contributed by atoms with Crippen molar-refractivity contribution in [2.75, 3.05) is 24.9 Å². The Morgan fingerprint density at radius 2 is 1.67 bits per heavy atom. The van der Waals surface area contributed by atoms with Gasteiger partial charge in [-0.2, -0.15) is 0 Å². The predicted octanol–water partition coefficient (Wildman–Crippen LogP) is 2.24. The summed E-state index contributed by atoms with van der Waals surface area (Å²) in [7, 11) is -2.36. The zero-order valence-corrected chi connectivity index (χ0v) is 17.7. The highest BCUT2D eigenvalue weighted by molar-refractivity contribution is 7.92. The van der Waals surface area contributed by atoms with Gasteiger partial charge in [-0.15, -0.1) is 0 Å². The Labute approximate surface area is 176 Å². The number of nitrogens with zero attached hydrogens (tertiary/aromatic N) is 1. The van der Waals surface area contributed by atoms with Crippen molar-refractivity contribution in [3.63, 3.8) is 0 Å². The molecule has 0 atom stereocenters. The SMILES string of the molecule is COc1ccccc1NS(=O)(=O)c1ccc(C(=O)N2CCC(NC(C)=O)CC2)cc1. The average Bonchev–Trinajstić information content (AvgIpc) is 2.73. The van der Waals surface area contributed by atoms with Crippen LogP contribution < -0.4 is 14.8 Å². The van der Waals surface area contributed by atoms with Crippen LogP contribution in [0.2, 0.25) is 0 Å². The van der Waals surface area contributed by atoms with Crippen molar-refractivity contribution in [2.45, 2.75) is 30.7 Å². The van der Waals surface area contributed by atoms with E-state index in [0.29, 0.717) is 42.9 Å². The summed E-state index contributed by atoms with van der Waals surface area (Å²) < 4.78 is 33.0. The van der Waals surface area contributed by atoms with E-state index in [0.717, 1.165) is 0 Å². The molecule has 3 rings (SSSR count). The lowest BCUT2D eigenvalue weighted by Crippen LogP contribution is -2.46. The Hall–Kier alpha value is -3.07. The van der Waals surface area contributed by atoms with Gasteiger partial charge in [0.2, 0.25) is 5.91 Å². The summed E-state index contributed by atoms with van der Waals surface area (Å²) in [5.74, 6) is 0.187. The Morgan fingerprint density at radius 3 is 2.27 bits per heavy atom. The van der Waals surface area contributed by atoms with Gasteiger partial charge in [-0.25, -0.2) is 8.42 Å². The topological polar surface area (TPSA) is 105 Å². The second-order valence-electron chi connectivity index (χ2n) is 7.10. The van der Waals surface area contributed by atoms with Gasteiger partial charge in [-0.05, 0) is 49.2 Å². The minimum atomic E-state index is -3.83. The van der Waals surface area contributed by atoms with E-state index in [9.17, 15) is 18.0 Å². The molecule has 0 aliphatic carbocycles. The van der Waals surface area contributed by atoms with Crippen molar-refractivity contribution >= 4 is 27.5 Å². The van der Waals surface area contributed by atoms with Crippen LogP contribution in [0.1, 0.15) is 30.1 Å². The number of nitrogens with one attached hydrogen (secondary N) is 2. The highest BCUT2D eigenvalue weighted by Gasteiger charge is 2.24. The van der Waals surface area contributed by atoms with E-state index in [-0.39, 0.29) is 22.8 Å². The molecule has 0 saturated carbocycles. The molecule has 9 heteroatoms. The first-order chi connectivity index (χ1) is 14.3. The third-order valence-electron chi connectivity index (χ3n) is 4.95. The molecule has 0 spiro atoms. The van der Waals surface area contributed by atoms with Crippen molar-refractivity contribution < 1.29 is 22.7 Å². The lowest BCUT2D eigenvalue weighted by molar-refractivity contribution is -0.119. The fourth-order valence-corrected chi connectivity index (χ4v) is 4.48. The van der Waals surface area contributed by atoms with Crippen molar-refractivity contribution in [3.8, 4) is 5.75 Å². The third-order valence-corrected chi connectivity index (χ3v) is 6.33. The van der Waals surface area contributed by atoms with Gasteiger partial charge in [-0.3, -0.25) is 14.3 Å².